The first-order valence-electron chi connectivity index (χ1n) is 11.1. The number of nitrogens with one attached hydrogen (secondary N) is 1. The molecular formula is C25H23BrN6O3S. The molecule has 0 saturated heterocycles. The Bertz CT molecular complexity index is 1370. The van der Waals surface area contributed by atoms with E-state index in [1.807, 2.05) is 44.2 Å². The summed E-state index contributed by atoms with van der Waals surface area (Å²) in [6.07, 6.45) is 0. The van der Waals surface area contributed by atoms with Crippen molar-refractivity contribution in [2.24, 2.45) is 0 Å². The van der Waals surface area contributed by atoms with Crippen LogP contribution < -0.4 is 5.32 Å². The van der Waals surface area contributed by atoms with E-state index in [4.69, 9.17) is 4.74 Å². The number of aromatic nitrogens is 5. The third-order valence-electron chi connectivity index (χ3n) is 5.00. The SMILES string of the molecule is CCOC(=O)c1ccc(NC(=O)c2nnn(-c3ccc(Br)cc3)c2CSc2nc(C)cc(C)n2)cc1. The minimum atomic E-state index is -0.417. The van der Waals surface area contributed by atoms with Crippen molar-refractivity contribution >= 4 is 45.3 Å². The number of benzene rings is 2. The molecule has 0 bridgehead atoms. The molecule has 11 heteroatoms. The van der Waals surface area contributed by atoms with Crippen LogP contribution in [0, 0.1) is 13.8 Å². The van der Waals surface area contributed by atoms with E-state index in [1.165, 1.54) is 11.8 Å². The van der Waals surface area contributed by atoms with Gasteiger partial charge in [-0.25, -0.2) is 19.4 Å². The van der Waals surface area contributed by atoms with Gasteiger partial charge in [0.15, 0.2) is 10.9 Å². The van der Waals surface area contributed by atoms with Crippen LogP contribution in [0.2, 0.25) is 0 Å². The fraction of sp³-hybridized carbons (Fsp3) is 0.200. The molecule has 1 amide bonds. The fourth-order valence-corrected chi connectivity index (χ4v) is 4.59. The van der Waals surface area contributed by atoms with Gasteiger partial charge in [-0.15, -0.1) is 5.10 Å². The van der Waals surface area contributed by atoms with Crippen molar-refractivity contribution in [3.05, 3.63) is 87.4 Å². The number of carbonyl (C=O) groups is 2. The maximum atomic E-state index is 13.2. The highest BCUT2D eigenvalue weighted by Crippen LogP contribution is 2.25. The van der Waals surface area contributed by atoms with Crippen molar-refractivity contribution in [3.63, 3.8) is 0 Å². The van der Waals surface area contributed by atoms with Crippen LogP contribution in [0.4, 0.5) is 5.69 Å². The second-order valence-corrected chi connectivity index (χ2v) is 9.61. The summed E-state index contributed by atoms with van der Waals surface area (Å²) in [6.45, 7) is 5.87. The predicted molar refractivity (Wildman–Crippen MR) is 140 cm³/mol. The summed E-state index contributed by atoms with van der Waals surface area (Å²) in [6, 6.07) is 15.9. The first-order valence-corrected chi connectivity index (χ1v) is 12.9. The molecule has 184 valence electrons. The number of aryl methyl sites for hydroxylation is 2. The van der Waals surface area contributed by atoms with Crippen LogP contribution in [0.3, 0.4) is 0 Å². The van der Waals surface area contributed by atoms with Gasteiger partial charge in [0, 0.05) is 27.3 Å². The molecule has 0 spiro atoms. The molecule has 0 fully saturated rings. The lowest BCUT2D eigenvalue weighted by molar-refractivity contribution is 0.0526. The number of amides is 1. The zero-order valence-electron chi connectivity index (χ0n) is 19.9. The number of hydrogen-bond acceptors (Lipinski definition) is 8. The van der Waals surface area contributed by atoms with Gasteiger partial charge in [-0.3, -0.25) is 4.79 Å². The van der Waals surface area contributed by atoms with E-state index in [-0.39, 0.29) is 5.69 Å². The monoisotopic (exact) mass is 566 g/mol. The van der Waals surface area contributed by atoms with Gasteiger partial charge < -0.3 is 10.1 Å². The molecule has 4 aromatic rings. The van der Waals surface area contributed by atoms with Gasteiger partial charge >= 0.3 is 5.97 Å². The summed E-state index contributed by atoms with van der Waals surface area (Å²) in [5.41, 5.74) is 4.21. The molecule has 4 rings (SSSR count). The molecule has 2 aromatic heterocycles. The lowest BCUT2D eigenvalue weighted by Crippen LogP contribution is -2.15. The average molecular weight is 567 g/mol. The van der Waals surface area contributed by atoms with Crippen molar-refractivity contribution in [2.75, 3.05) is 11.9 Å². The van der Waals surface area contributed by atoms with Crippen LogP contribution in [0.15, 0.2) is 64.2 Å². The molecule has 0 unspecified atom stereocenters. The normalized spacial score (nSPS) is 10.8. The van der Waals surface area contributed by atoms with Gasteiger partial charge in [0.25, 0.3) is 5.91 Å². The zero-order valence-corrected chi connectivity index (χ0v) is 22.3. The Kier molecular flexibility index (Phi) is 8.11. The van der Waals surface area contributed by atoms with Gasteiger partial charge in [-0.2, -0.15) is 0 Å². The molecular weight excluding hydrogens is 544 g/mol. The summed E-state index contributed by atoms with van der Waals surface area (Å²) in [7, 11) is 0. The van der Waals surface area contributed by atoms with Gasteiger partial charge in [0.2, 0.25) is 0 Å². The smallest absolute Gasteiger partial charge is 0.338 e. The van der Waals surface area contributed by atoms with Crippen LogP contribution >= 0.6 is 27.7 Å². The molecule has 0 aliphatic rings. The van der Waals surface area contributed by atoms with E-state index in [0.717, 1.165) is 21.5 Å². The highest BCUT2D eigenvalue weighted by molar-refractivity contribution is 9.10. The van der Waals surface area contributed by atoms with Crippen molar-refractivity contribution in [1.29, 1.82) is 0 Å². The molecule has 0 atom stereocenters. The molecule has 36 heavy (non-hydrogen) atoms. The Hall–Kier alpha value is -3.57. The van der Waals surface area contributed by atoms with E-state index < -0.39 is 11.9 Å². The number of thioether (sulfide) groups is 1. The van der Waals surface area contributed by atoms with Crippen LogP contribution in [0.5, 0.6) is 0 Å². The highest BCUT2D eigenvalue weighted by Gasteiger charge is 2.22. The molecule has 9 nitrogen and oxygen atoms in total. The Morgan fingerprint density at radius 3 is 2.33 bits per heavy atom. The number of halogens is 1. The van der Waals surface area contributed by atoms with Gasteiger partial charge in [0.05, 0.1) is 23.6 Å². The number of anilines is 1. The van der Waals surface area contributed by atoms with Gasteiger partial charge in [0.1, 0.15) is 0 Å². The average Bonchev–Trinajstić information content (AvgIpc) is 3.27. The summed E-state index contributed by atoms with van der Waals surface area (Å²) in [5.74, 6) is -0.462. The van der Waals surface area contributed by atoms with Crippen molar-refractivity contribution in [2.45, 2.75) is 31.7 Å². The van der Waals surface area contributed by atoms with Crippen molar-refractivity contribution < 1.29 is 14.3 Å². The molecule has 0 saturated carbocycles. The van der Waals surface area contributed by atoms with E-state index in [0.29, 0.717) is 34.5 Å². The lowest BCUT2D eigenvalue weighted by atomic mass is 10.2. The third kappa shape index (κ3) is 6.16. The largest absolute Gasteiger partial charge is 0.462 e. The van der Waals surface area contributed by atoms with E-state index in [2.05, 4.69) is 41.5 Å². The number of rotatable bonds is 8. The summed E-state index contributed by atoms with van der Waals surface area (Å²) in [5, 5.41) is 11.9. The number of nitrogens with zero attached hydrogens (tertiary/aromatic N) is 5. The molecule has 2 aromatic carbocycles. The molecule has 2 heterocycles. The number of esters is 1. The van der Waals surface area contributed by atoms with Crippen LogP contribution in [0.1, 0.15) is 44.9 Å². The Labute approximate surface area is 220 Å². The summed E-state index contributed by atoms with van der Waals surface area (Å²) < 4.78 is 7.57. The Morgan fingerprint density at radius 1 is 1.03 bits per heavy atom. The summed E-state index contributed by atoms with van der Waals surface area (Å²) >= 11 is 4.84. The summed E-state index contributed by atoms with van der Waals surface area (Å²) in [4.78, 5) is 34.1. The van der Waals surface area contributed by atoms with Crippen molar-refractivity contribution in [1.82, 2.24) is 25.0 Å². The first kappa shape index (κ1) is 25.5. The van der Waals surface area contributed by atoms with Crippen LogP contribution in [-0.2, 0) is 10.5 Å². The maximum absolute atomic E-state index is 13.2. The lowest BCUT2D eigenvalue weighted by Gasteiger charge is -2.09. The third-order valence-corrected chi connectivity index (χ3v) is 6.39. The Balaban J connectivity index is 1.61. The topological polar surface area (TPSA) is 112 Å². The molecule has 1 N–H and O–H groups in total. The number of carbonyl (C=O) groups excluding carboxylic acids is 2. The van der Waals surface area contributed by atoms with Crippen LogP contribution in [-0.4, -0.2) is 43.4 Å². The first-order chi connectivity index (χ1) is 17.3. The van der Waals surface area contributed by atoms with Gasteiger partial charge in [-0.1, -0.05) is 32.9 Å². The van der Waals surface area contributed by atoms with E-state index in [9.17, 15) is 9.59 Å². The quantitative estimate of drug-likeness (QED) is 0.177. The zero-order chi connectivity index (χ0) is 25.7. The minimum Gasteiger partial charge on any atom is -0.462 e. The Morgan fingerprint density at radius 2 is 1.69 bits per heavy atom. The minimum absolute atomic E-state index is 0.185. The fourth-order valence-electron chi connectivity index (χ4n) is 3.38. The second kappa shape index (κ2) is 11.4. The van der Waals surface area contributed by atoms with E-state index >= 15 is 0 Å². The van der Waals surface area contributed by atoms with E-state index in [1.54, 1.807) is 35.9 Å². The highest BCUT2D eigenvalue weighted by atomic mass is 79.9. The number of hydrogen-bond donors (Lipinski definition) is 1. The standard InChI is InChI=1S/C25H23BrN6O3S/c1-4-35-24(34)17-5-9-19(10-6-17)29-23(33)22-21(14-36-25-27-15(2)13-16(3)28-25)32(31-30-22)20-11-7-18(26)8-12-20/h5-13H,4,14H2,1-3H3,(H,29,33). The van der Waals surface area contributed by atoms with Crippen molar-refractivity contribution in [3.8, 4) is 5.69 Å². The number of ether oxygens (including phenoxy) is 1. The molecule has 0 radical (unpaired) electrons. The van der Waals surface area contributed by atoms with Crippen LogP contribution in [0.25, 0.3) is 5.69 Å². The molecule has 0 aliphatic heterocycles. The maximum Gasteiger partial charge on any atom is 0.338 e. The van der Waals surface area contributed by atoms with Gasteiger partial charge in [-0.05, 0) is 75.4 Å². The predicted octanol–water partition coefficient (Wildman–Crippen LogP) is 5.16. The molecule has 0 aliphatic carbocycles. The second-order valence-electron chi connectivity index (χ2n) is 7.75.